The Morgan fingerprint density at radius 1 is 0.500 bits per heavy atom. The van der Waals surface area contributed by atoms with Crippen molar-refractivity contribution in [2.45, 2.75) is 14.9 Å². The quantitative estimate of drug-likeness (QED) is 0.0644. The number of aromatic carboxylic acids is 1. The number of carboxylic acids is 1. The summed E-state index contributed by atoms with van der Waals surface area (Å²) in [4.78, 5) is 32.0. The fourth-order valence-corrected chi connectivity index (χ4v) is 5.89. The number of nitrogen functional groups attached to an aromatic ring is 5. The Morgan fingerprint density at radius 2 is 0.917 bits per heavy atom. The number of carbonyl (C=O) groups excluding carboxylic acids is 1. The third-order valence-electron chi connectivity index (χ3n) is 8.83. The molecule has 0 aliphatic rings. The van der Waals surface area contributed by atoms with Crippen molar-refractivity contribution >= 4 is 76.2 Å². The van der Waals surface area contributed by atoms with Gasteiger partial charge in [0.2, 0.25) is 0 Å². The highest BCUT2D eigenvalue weighted by Gasteiger charge is 2.16. The van der Waals surface area contributed by atoms with Crippen LogP contribution in [0.4, 0.5) is 43.2 Å². The number of carboxylic acid groups (broad SMARTS) is 1. The van der Waals surface area contributed by atoms with Crippen molar-refractivity contribution in [3.8, 4) is 22.3 Å². The molecular weight excluding hydrogens is 761 g/mol. The third-order valence-corrected chi connectivity index (χ3v) is 8.83. The van der Waals surface area contributed by atoms with Gasteiger partial charge < -0.3 is 39.1 Å². The van der Waals surface area contributed by atoms with E-state index in [9.17, 15) is 18.4 Å². The van der Waals surface area contributed by atoms with E-state index in [2.05, 4.69) is 15.3 Å². The van der Waals surface area contributed by atoms with Gasteiger partial charge in [-0.3, -0.25) is 4.79 Å². The molecule has 6 aromatic carbocycles. The van der Waals surface area contributed by atoms with Crippen molar-refractivity contribution in [1.82, 2.24) is 9.97 Å². The average Bonchev–Trinajstić information content (AvgIpc) is 3.20. The highest BCUT2D eigenvalue weighted by molar-refractivity contribution is 6.15. The second kappa shape index (κ2) is 20.4. The van der Waals surface area contributed by atoms with Gasteiger partial charge in [-0.1, -0.05) is 87.6 Å². The second-order valence-corrected chi connectivity index (χ2v) is 12.6. The van der Waals surface area contributed by atoms with Crippen LogP contribution in [-0.4, -0.2) is 35.4 Å². The number of benzene rings is 6. The highest BCUT2D eigenvalue weighted by Crippen LogP contribution is 2.31. The Hall–Kier alpha value is -8.00. The summed E-state index contributed by atoms with van der Waals surface area (Å²) in [5.41, 5.74) is 34.2. The maximum absolute atomic E-state index is 13.6. The first-order valence-corrected chi connectivity index (χ1v) is 17.3. The zero-order valence-electron chi connectivity index (χ0n) is 30.7. The molecule has 8 rings (SSSR count). The van der Waals surface area contributed by atoms with Gasteiger partial charge in [0.1, 0.15) is 23.3 Å². The van der Waals surface area contributed by atoms with Gasteiger partial charge in [0.15, 0.2) is 0 Å². The molecule has 0 spiro atoms. The molecule has 0 unspecified atom stereocenters. The fourth-order valence-electron chi connectivity index (χ4n) is 5.89. The van der Waals surface area contributed by atoms with E-state index in [0.717, 1.165) is 11.1 Å². The van der Waals surface area contributed by atoms with Crippen LogP contribution < -0.4 is 34.0 Å². The van der Waals surface area contributed by atoms with Crippen LogP contribution in [0.15, 0.2) is 146 Å². The van der Waals surface area contributed by atoms with Crippen molar-refractivity contribution < 1.29 is 23.5 Å². The van der Waals surface area contributed by atoms with E-state index < -0.39 is 5.97 Å². The van der Waals surface area contributed by atoms with Gasteiger partial charge in [-0.2, -0.15) is 0 Å². The minimum Gasteiger partial charge on any atom is -0.478 e. The summed E-state index contributed by atoms with van der Waals surface area (Å²) in [6.07, 6.45) is 2.68. The first kappa shape index (κ1) is 46.4. The zero-order chi connectivity index (χ0) is 40.6. The smallest absolute Gasteiger partial charge is 0.337 e. The van der Waals surface area contributed by atoms with Crippen LogP contribution in [0.1, 0.15) is 35.6 Å². The van der Waals surface area contributed by atoms with Crippen molar-refractivity contribution in [2.75, 3.05) is 34.0 Å². The summed E-state index contributed by atoms with van der Waals surface area (Å²) in [7, 11) is 0. The topological polar surface area (TPSA) is 222 Å². The molecule has 0 bridgehead atoms. The summed E-state index contributed by atoms with van der Waals surface area (Å²) in [6, 6.07) is 37.2. The predicted octanol–water partition coefficient (Wildman–Crippen LogP) is 9.52. The molecule has 0 atom stereocenters. The number of aromatic nitrogens is 2. The van der Waals surface area contributed by atoms with Gasteiger partial charge >= 0.3 is 5.97 Å². The maximum Gasteiger partial charge on any atom is 0.337 e. The summed E-state index contributed by atoms with van der Waals surface area (Å²) < 4.78 is 26.9. The lowest BCUT2D eigenvalue weighted by atomic mass is 9.99. The van der Waals surface area contributed by atoms with Crippen LogP contribution in [0.5, 0.6) is 0 Å². The van der Waals surface area contributed by atoms with E-state index in [0.29, 0.717) is 66.8 Å². The Kier molecular flexibility index (Phi) is 15.8. The van der Waals surface area contributed by atoms with Crippen molar-refractivity contribution in [3.05, 3.63) is 169 Å². The van der Waals surface area contributed by atoms with E-state index in [-0.39, 0.29) is 52.2 Å². The Morgan fingerprint density at radius 3 is 1.35 bits per heavy atom. The Bertz CT molecular complexity index is 2770. The van der Waals surface area contributed by atoms with Crippen LogP contribution in [0, 0.1) is 11.6 Å². The average molecular weight is 806 g/mol. The lowest BCUT2D eigenvalue weighted by Gasteiger charge is -2.12. The van der Waals surface area contributed by atoms with Crippen molar-refractivity contribution in [2.24, 2.45) is 0 Å². The SMILES string of the molecule is C.C.Nc1ccccc1N.Nc1ccccc1NC(=O)c1cnc(N)c2cc(-c3cccc(F)c3)ccc12.Nc1ncc(C(=O)O)c2ccc(-c3cccc(F)c3)cc12.[B]. The highest BCUT2D eigenvalue weighted by atomic mass is 19.1. The summed E-state index contributed by atoms with van der Waals surface area (Å²) >= 11 is 0. The molecular formula is C46H44BF2N8O3. The molecule has 0 aliphatic heterocycles. The fraction of sp³-hybridized carbons (Fsp3) is 0.0435. The number of nitrogens with zero attached hydrogens (tertiary/aromatic N) is 2. The first-order valence-electron chi connectivity index (χ1n) is 17.3. The minimum atomic E-state index is -1.06. The largest absolute Gasteiger partial charge is 0.478 e. The molecule has 0 aliphatic carbocycles. The number of amides is 1. The number of para-hydroxylation sites is 4. The van der Waals surface area contributed by atoms with Gasteiger partial charge in [-0.15, -0.1) is 0 Å². The number of nitrogens with one attached hydrogen (secondary N) is 1. The van der Waals surface area contributed by atoms with Gasteiger partial charge in [0.25, 0.3) is 5.91 Å². The van der Waals surface area contributed by atoms with E-state index in [1.54, 1.807) is 84.9 Å². The Labute approximate surface area is 348 Å². The molecule has 2 aromatic heterocycles. The standard InChI is InChI=1S/C22H17FN4O.C16H11FN2O2.C6H8N2.2CH4.B/c23-15-5-3-4-13(10-15)14-8-9-16-17(11-14)21(25)26-12-18(16)22(28)27-20-7-2-1-6-19(20)24;17-11-3-1-2-9(6-11)10-4-5-12-13(7-10)15(18)19-8-14(12)16(20)21;7-5-3-1-2-4-6(5)8;;;/h1-12H,24H2,(H2,25,26)(H,27,28);1-8H,(H2,18,19)(H,20,21);1-4H,7-8H2;2*1H4;. The van der Waals surface area contributed by atoms with Crippen molar-refractivity contribution in [1.29, 1.82) is 0 Å². The number of carbonyl (C=O) groups is 2. The number of nitrogens with two attached hydrogens (primary N) is 5. The summed E-state index contributed by atoms with van der Waals surface area (Å²) in [5.74, 6) is -1.52. The molecule has 12 N–H and O–H groups in total. The molecule has 0 saturated carbocycles. The molecule has 8 aromatic rings. The lowest BCUT2D eigenvalue weighted by molar-refractivity contribution is 0.0698. The molecule has 0 saturated heterocycles. The van der Waals surface area contributed by atoms with E-state index in [1.807, 2.05) is 24.3 Å². The number of hydrogen-bond acceptors (Lipinski definition) is 9. The molecule has 303 valence electrons. The third kappa shape index (κ3) is 10.7. The minimum absolute atomic E-state index is 0. The van der Waals surface area contributed by atoms with Gasteiger partial charge in [-0.05, 0) is 88.3 Å². The molecule has 3 radical (unpaired) electrons. The molecule has 14 heteroatoms. The van der Waals surface area contributed by atoms with Crippen LogP contribution in [0.3, 0.4) is 0 Å². The summed E-state index contributed by atoms with van der Waals surface area (Å²) in [6.45, 7) is 0. The normalized spacial score (nSPS) is 9.97. The molecule has 60 heavy (non-hydrogen) atoms. The van der Waals surface area contributed by atoms with Crippen LogP contribution in [-0.2, 0) is 0 Å². The molecule has 0 fully saturated rings. The number of pyridine rings is 2. The van der Waals surface area contributed by atoms with Gasteiger partial charge in [-0.25, -0.2) is 23.5 Å². The number of hydrogen-bond donors (Lipinski definition) is 7. The van der Waals surface area contributed by atoms with Crippen LogP contribution in [0.2, 0.25) is 0 Å². The van der Waals surface area contributed by atoms with Crippen LogP contribution >= 0.6 is 0 Å². The first-order chi connectivity index (χ1) is 27.4. The van der Waals surface area contributed by atoms with E-state index >= 15 is 0 Å². The van der Waals surface area contributed by atoms with Crippen molar-refractivity contribution in [3.63, 3.8) is 0 Å². The predicted molar refractivity (Wildman–Crippen MR) is 243 cm³/mol. The summed E-state index contributed by atoms with van der Waals surface area (Å²) in [5, 5.41) is 14.3. The van der Waals surface area contributed by atoms with Crippen LogP contribution in [0.25, 0.3) is 43.8 Å². The number of halogens is 2. The monoisotopic (exact) mass is 805 g/mol. The molecule has 2 heterocycles. The van der Waals surface area contributed by atoms with Gasteiger partial charge in [0, 0.05) is 37.0 Å². The second-order valence-electron chi connectivity index (χ2n) is 12.6. The molecule has 1 amide bonds. The lowest BCUT2D eigenvalue weighted by Crippen LogP contribution is -2.14. The van der Waals surface area contributed by atoms with E-state index in [1.165, 1.54) is 36.7 Å². The number of rotatable bonds is 5. The maximum atomic E-state index is 13.6. The number of anilines is 6. The Balaban J connectivity index is 0.000000265. The van der Waals surface area contributed by atoms with E-state index in [4.69, 9.17) is 33.8 Å². The number of fused-ring (bicyclic) bond motifs is 2. The zero-order valence-corrected chi connectivity index (χ0v) is 30.7. The molecule has 11 nitrogen and oxygen atoms in total. The van der Waals surface area contributed by atoms with Gasteiger partial charge in [0.05, 0.1) is 33.9 Å².